The average Bonchev–Trinajstić information content (AvgIpc) is 3.05. The summed E-state index contributed by atoms with van der Waals surface area (Å²) in [6.07, 6.45) is 2.38. The SMILES string of the molecule is Cc1ccc(CN2CC[C@H](N3CCN(c4ccc(O)cn4)CC3)C2=O)cc1. The number of carbonyl (C=O) groups is 1. The minimum Gasteiger partial charge on any atom is -0.506 e. The molecule has 1 aromatic carbocycles. The second-order valence-electron chi connectivity index (χ2n) is 7.45. The number of benzene rings is 1. The van der Waals surface area contributed by atoms with Crippen LogP contribution in [0.5, 0.6) is 5.75 Å². The van der Waals surface area contributed by atoms with Crippen LogP contribution in [0, 0.1) is 6.92 Å². The van der Waals surface area contributed by atoms with Crippen LogP contribution in [0.4, 0.5) is 5.82 Å². The van der Waals surface area contributed by atoms with Crippen LogP contribution >= 0.6 is 0 Å². The average molecular weight is 366 g/mol. The lowest BCUT2D eigenvalue weighted by Gasteiger charge is -2.37. The molecule has 1 amide bonds. The summed E-state index contributed by atoms with van der Waals surface area (Å²) in [5, 5.41) is 9.38. The summed E-state index contributed by atoms with van der Waals surface area (Å²) in [5.74, 6) is 1.32. The summed E-state index contributed by atoms with van der Waals surface area (Å²) in [5.41, 5.74) is 2.43. The number of rotatable bonds is 4. The van der Waals surface area contributed by atoms with E-state index in [0.29, 0.717) is 6.54 Å². The van der Waals surface area contributed by atoms with E-state index in [0.717, 1.165) is 45.0 Å². The summed E-state index contributed by atoms with van der Waals surface area (Å²) < 4.78 is 0. The van der Waals surface area contributed by atoms with Crippen LogP contribution in [0.15, 0.2) is 42.6 Å². The quantitative estimate of drug-likeness (QED) is 0.897. The molecule has 3 heterocycles. The minimum absolute atomic E-state index is 0.00498. The monoisotopic (exact) mass is 366 g/mol. The first kappa shape index (κ1) is 17.8. The molecule has 0 saturated carbocycles. The van der Waals surface area contributed by atoms with Crippen LogP contribution in [0.25, 0.3) is 0 Å². The molecule has 2 aliphatic heterocycles. The standard InChI is InChI=1S/C21H26N4O2/c1-16-2-4-17(5-3-16)15-25-9-8-19(21(25)27)23-10-12-24(13-11-23)20-7-6-18(26)14-22-20/h2-7,14,19,26H,8-13,15H2,1H3/t19-/m0/s1. The van der Waals surface area contributed by atoms with Crippen molar-refractivity contribution in [1.82, 2.24) is 14.8 Å². The number of carbonyl (C=O) groups excluding carboxylic acids is 1. The maximum absolute atomic E-state index is 12.9. The van der Waals surface area contributed by atoms with Gasteiger partial charge in [-0.1, -0.05) is 29.8 Å². The van der Waals surface area contributed by atoms with Gasteiger partial charge in [0.2, 0.25) is 5.91 Å². The van der Waals surface area contributed by atoms with Gasteiger partial charge in [-0.05, 0) is 31.0 Å². The highest BCUT2D eigenvalue weighted by Crippen LogP contribution is 2.23. The Morgan fingerprint density at radius 1 is 1.04 bits per heavy atom. The van der Waals surface area contributed by atoms with Gasteiger partial charge in [0.25, 0.3) is 0 Å². The predicted octanol–water partition coefficient (Wildman–Crippen LogP) is 2.02. The van der Waals surface area contributed by atoms with Crippen LogP contribution in [0.3, 0.4) is 0 Å². The normalized spacial score (nSPS) is 21.1. The number of aromatic nitrogens is 1. The van der Waals surface area contributed by atoms with Crippen molar-refractivity contribution < 1.29 is 9.90 Å². The molecule has 2 aliphatic rings. The number of hydrogen-bond donors (Lipinski definition) is 1. The van der Waals surface area contributed by atoms with E-state index in [-0.39, 0.29) is 17.7 Å². The highest BCUT2D eigenvalue weighted by Gasteiger charge is 2.37. The Balaban J connectivity index is 1.33. The van der Waals surface area contributed by atoms with Crippen molar-refractivity contribution >= 4 is 11.7 Å². The predicted molar refractivity (Wildman–Crippen MR) is 105 cm³/mol. The van der Waals surface area contributed by atoms with Crippen molar-refractivity contribution in [3.63, 3.8) is 0 Å². The Kier molecular flexibility index (Phi) is 4.99. The molecule has 0 spiro atoms. The zero-order valence-corrected chi connectivity index (χ0v) is 15.7. The van der Waals surface area contributed by atoms with Crippen LogP contribution in [-0.2, 0) is 11.3 Å². The smallest absolute Gasteiger partial charge is 0.240 e. The first-order valence-electron chi connectivity index (χ1n) is 9.58. The third-order valence-corrected chi connectivity index (χ3v) is 5.57. The van der Waals surface area contributed by atoms with E-state index in [9.17, 15) is 9.90 Å². The van der Waals surface area contributed by atoms with Crippen molar-refractivity contribution in [2.24, 2.45) is 0 Å². The summed E-state index contributed by atoms with van der Waals surface area (Å²) in [4.78, 5) is 23.7. The fourth-order valence-corrected chi connectivity index (χ4v) is 3.96. The molecule has 1 N–H and O–H groups in total. The molecule has 1 atom stereocenters. The maximum Gasteiger partial charge on any atom is 0.240 e. The lowest BCUT2D eigenvalue weighted by Crippen LogP contribution is -2.52. The molecule has 1 aromatic heterocycles. The Hall–Kier alpha value is -2.60. The van der Waals surface area contributed by atoms with E-state index in [1.54, 1.807) is 6.07 Å². The lowest BCUT2D eigenvalue weighted by atomic mass is 10.1. The third-order valence-electron chi connectivity index (χ3n) is 5.57. The lowest BCUT2D eigenvalue weighted by molar-refractivity contribution is -0.132. The van der Waals surface area contributed by atoms with Crippen LogP contribution < -0.4 is 4.90 Å². The molecule has 6 nitrogen and oxygen atoms in total. The number of likely N-dealkylation sites (tertiary alicyclic amines) is 1. The van der Waals surface area contributed by atoms with Gasteiger partial charge in [0.1, 0.15) is 11.6 Å². The summed E-state index contributed by atoms with van der Waals surface area (Å²) in [6.45, 7) is 7.02. The first-order chi connectivity index (χ1) is 13.1. The van der Waals surface area contributed by atoms with Crippen molar-refractivity contribution in [2.75, 3.05) is 37.6 Å². The molecule has 0 bridgehead atoms. The fourth-order valence-electron chi connectivity index (χ4n) is 3.96. The minimum atomic E-state index is 0.00498. The zero-order chi connectivity index (χ0) is 18.8. The molecule has 2 aromatic rings. The van der Waals surface area contributed by atoms with Gasteiger partial charge in [0.15, 0.2) is 0 Å². The summed E-state index contributed by atoms with van der Waals surface area (Å²) in [6, 6.07) is 11.9. The van der Waals surface area contributed by atoms with Crippen molar-refractivity contribution in [1.29, 1.82) is 0 Å². The van der Waals surface area contributed by atoms with Crippen LogP contribution in [-0.4, -0.2) is 64.6 Å². The van der Waals surface area contributed by atoms with Crippen molar-refractivity contribution in [3.8, 4) is 5.75 Å². The fraction of sp³-hybridized carbons (Fsp3) is 0.429. The number of piperazine rings is 1. The highest BCUT2D eigenvalue weighted by molar-refractivity contribution is 5.84. The van der Waals surface area contributed by atoms with Gasteiger partial charge in [0.05, 0.1) is 12.2 Å². The largest absolute Gasteiger partial charge is 0.506 e. The first-order valence-corrected chi connectivity index (χ1v) is 9.58. The van der Waals surface area contributed by atoms with Crippen LogP contribution in [0.2, 0.25) is 0 Å². The van der Waals surface area contributed by atoms with Gasteiger partial charge < -0.3 is 14.9 Å². The second-order valence-corrected chi connectivity index (χ2v) is 7.45. The Morgan fingerprint density at radius 3 is 2.44 bits per heavy atom. The molecule has 142 valence electrons. The number of pyridine rings is 1. The van der Waals surface area contributed by atoms with Gasteiger partial charge in [-0.25, -0.2) is 4.98 Å². The molecule has 2 fully saturated rings. The molecule has 0 radical (unpaired) electrons. The molecule has 6 heteroatoms. The van der Waals surface area contributed by atoms with Gasteiger partial charge in [-0.3, -0.25) is 9.69 Å². The van der Waals surface area contributed by atoms with E-state index < -0.39 is 0 Å². The third kappa shape index (κ3) is 3.90. The Bertz CT molecular complexity index is 783. The van der Waals surface area contributed by atoms with Gasteiger partial charge >= 0.3 is 0 Å². The number of aromatic hydroxyl groups is 1. The van der Waals surface area contributed by atoms with Crippen molar-refractivity contribution in [2.45, 2.75) is 25.9 Å². The highest BCUT2D eigenvalue weighted by atomic mass is 16.3. The van der Waals surface area contributed by atoms with E-state index in [4.69, 9.17) is 0 Å². The molecule has 4 rings (SSSR count). The van der Waals surface area contributed by atoms with E-state index in [1.165, 1.54) is 17.3 Å². The summed E-state index contributed by atoms with van der Waals surface area (Å²) >= 11 is 0. The second kappa shape index (κ2) is 7.56. The van der Waals surface area contributed by atoms with Crippen LogP contribution in [0.1, 0.15) is 17.5 Å². The van der Waals surface area contributed by atoms with E-state index in [2.05, 4.69) is 46.0 Å². The topological polar surface area (TPSA) is 59.9 Å². The zero-order valence-electron chi connectivity index (χ0n) is 15.7. The number of hydrogen-bond acceptors (Lipinski definition) is 5. The maximum atomic E-state index is 12.9. The Labute approximate surface area is 160 Å². The van der Waals surface area contributed by atoms with Crippen molar-refractivity contribution in [3.05, 3.63) is 53.7 Å². The molecule has 27 heavy (non-hydrogen) atoms. The van der Waals surface area contributed by atoms with Gasteiger partial charge in [0, 0.05) is 39.3 Å². The van der Waals surface area contributed by atoms with Gasteiger partial charge in [-0.15, -0.1) is 0 Å². The molecule has 0 aliphatic carbocycles. The number of aryl methyl sites for hydroxylation is 1. The van der Waals surface area contributed by atoms with E-state index in [1.807, 2.05) is 11.0 Å². The molecule has 2 saturated heterocycles. The summed E-state index contributed by atoms with van der Waals surface area (Å²) in [7, 11) is 0. The van der Waals surface area contributed by atoms with E-state index >= 15 is 0 Å². The molecule has 0 unspecified atom stereocenters. The van der Waals surface area contributed by atoms with Gasteiger partial charge in [-0.2, -0.15) is 0 Å². The molecular formula is C21H26N4O2. The Morgan fingerprint density at radius 2 is 1.78 bits per heavy atom. The molecular weight excluding hydrogens is 340 g/mol. The number of nitrogens with zero attached hydrogens (tertiary/aromatic N) is 4. The number of anilines is 1. The number of amides is 1.